The van der Waals surface area contributed by atoms with Gasteiger partial charge in [0.15, 0.2) is 0 Å². The molecule has 1 fully saturated rings. The molecule has 6 nitrogen and oxygen atoms in total. The number of hydrogen-bond acceptors (Lipinski definition) is 5. The van der Waals surface area contributed by atoms with E-state index in [9.17, 15) is 18.0 Å². The van der Waals surface area contributed by atoms with Gasteiger partial charge in [0.05, 0.1) is 18.1 Å². The van der Waals surface area contributed by atoms with Gasteiger partial charge in [0.1, 0.15) is 5.75 Å². The first-order valence-corrected chi connectivity index (χ1v) is 10.2. The van der Waals surface area contributed by atoms with E-state index in [0.29, 0.717) is 18.3 Å². The maximum atomic E-state index is 13.0. The quantitative estimate of drug-likeness (QED) is 0.514. The standard InChI is InChI=1S/C23H22F3N3O3/c1-14(2)13-31-19-8-6-15(7-9-19)21-27-22(32-28-21)16-10-20(30)29(12-16)18-5-3-4-17(11-18)23(24,25)26/h3-9,11,14,16H,10,12-13H2,1-2H3. The maximum absolute atomic E-state index is 13.0. The molecule has 1 saturated heterocycles. The number of carbonyl (C=O) groups is 1. The van der Waals surface area contributed by atoms with Crippen molar-refractivity contribution in [2.75, 3.05) is 18.1 Å². The van der Waals surface area contributed by atoms with Crippen molar-refractivity contribution in [2.24, 2.45) is 5.92 Å². The van der Waals surface area contributed by atoms with Crippen LogP contribution < -0.4 is 9.64 Å². The van der Waals surface area contributed by atoms with Gasteiger partial charge in [0, 0.05) is 24.2 Å². The summed E-state index contributed by atoms with van der Waals surface area (Å²) in [6, 6.07) is 12.0. The van der Waals surface area contributed by atoms with Crippen molar-refractivity contribution in [1.29, 1.82) is 0 Å². The van der Waals surface area contributed by atoms with E-state index in [1.54, 1.807) is 0 Å². The van der Waals surface area contributed by atoms with E-state index in [0.717, 1.165) is 23.4 Å². The van der Waals surface area contributed by atoms with Gasteiger partial charge in [-0.2, -0.15) is 18.2 Å². The first kappa shape index (κ1) is 21.9. The molecule has 0 bridgehead atoms. The number of ether oxygens (including phenoxy) is 1. The van der Waals surface area contributed by atoms with Crippen molar-refractivity contribution in [2.45, 2.75) is 32.4 Å². The molecule has 168 valence electrons. The second-order valence-corrected chi connectivity index (χ2v) is 8.14. The Morgan fingerprint density at radius 2 is 1.94 bits per heavy atom. The highest BCUT2D eigenvalue weighted by atomic mass is 19.4. The zero-order chi connectivity index (χ0) is 22.9. The van der Waals surface area contributed by atoms with Gasteiger partial charge in [0.25, 0.3) is 0 Å². The van der Waals surface area contributed by atoms with Crippen molar-refractivity contribution < 1.29 is 27.2 Å². The summed E-state index contributed by atoms with van der Waals surface area (Å²) in [4.78, 5) is 18.2. The van der Waals surface area contributed by atoms with Gasteiger partial charge in [-0.3, -0.25) is 4.79 Å². The van der Waals surface area contributed by atoms with Crippen LogP contribution >= 0.6 is 0 Å². The van der Waals surface area contributed by atoms with Crippen molar-refractivity contribution in [3.05, 3.63) is 60.0 Å². The van der Waals surface area contributed by atoms with Gasteiger partial charge in [-0.05, 0) is 48.4 Å². The molecule has 0 saturated carbocycles. The number of carbonyl (C=O) groups excluding carboxylic acids is 1. The minimum absolute atomic E-state index is 0.0832. The molecular formula is C23H22F3N3O3. The molecule has 1 amide bonds. The lowest BCUT2D eigenvalue weighted by Crippen LogP contribution is -2.24. The third-order valence-electron chi connectivity index (χ3n) is 5.10. The van der Waals surface area contributed by atoms with Crippen LogP contribution in [0.4, 0.5) is 18.9 Å². The van der Waals surface area contributed by atoms with Gasteiger partial charge in [-0.15, -0.1) is 0 Å². The molecule has 1 aliphatic rings. The van der Waals surface area contributed by atoms with Crippen molar-refractivity contribution >= 4 is 11.6 Å². The third-order valence-corrected chi connectivity index (χ3v) is 5.10. The van der Waals surface area contributed by atoms with Crippen molar-refractivity contribution in [3.63, 3.8) is 0 Å². The molecule has 0 spiro atoms. The average Bonchev–Trinajstić information content (AvgIpc) is 3.39. The highest BCUT2D eigenvalue weighted by molar-refractivity contribution is 5.96. The Bertz CT molecular complexity index is 1090. The highest BCUT2D eigenvalue weighted by Gasteiger charge is 2.37. The molecule has 0 N–H and O–H groups in total. The topological polar surface area (TPSA) is 68.5 Å². The van der Waals surface area contributed by atoms with Crippen LogP contribution in [-0.4, -0.2) is 29.2 Å². The number of benzene rings is 2. The summed E-state index contributed by atoms with van der Waals surface area (Å²) in [6.07, 6.45) is -4.39. The molecular weight excluding hydrogens is 423 g/mol. The van der Waals surface area contributed by atoms with Gasteiger partial charge < -0.3 is 14.2 Å². The van der Waals surface area contributed by atoms with E-state index in [-0.39, 0.29) is 30.5 Å². The minimum atomic E-state index is -4.48. The molecule has 1 aliphatic heterocycles. The summed E-state index contributed by atoms with van der Waals surface area (Å²) in [6.45, 7) is 4.92. The van der Waals surface area contributed by atoms with Crippen LogP contribution in [0.1, 0.15) is 37.6 Å². The molecule has 2 heterocycles. The monoisotopic (exact) mass is 445 g/mol. The number of hydrogen-bond donors (Lipinski definition) is 0. The molecule has 1 atom stereocenters. The fraction of sp³-hybridized carbons (Fsp3) is 0.348. The largest absolute Gasteiger partial charge is 0.493 e. The predicted octanol–water partition coefficient (Wildman–Crippen LogP) is 5.31. The molecule has 0 radical (unpaired) electrons. The smallest absolute Gasteiger partial charge is 0.416 e. The van der Waals surface area contributed by atoms with E-state index in [1.165, 1.54) is 17.0 Å². The third kappa shape index (κ3) is 4.76. The minimum Gasteiger partial charge on any atom is -0.493 e. The Labute approximate surface area is 183 Å². The van der Waals surface area contributed by atoms with Crippen LogP contribution in [-0.2, 0) is 11.0 Å². The van der Waals surface area contributed by atoms with E-state index >= 15 is 0 Å². The molecule has 9 heteroatoms. The molecule has 32 heavy (non-hydrogen) atoms. The van der Waals surface area contributed by atoms with Crippen molar-refractivity contribution in [3.8, 4) is 17.1 Å². The second-order valence-electron chi connectivity index (χ2n) is 8.14. The van der Waals surface area contributed by atoms with Gasteiger partial charge in [0.2, 0.25) is 17.6 Å². The number of halogens is 3. The molecule has 4 rings (SSSR count). The summed E-state index contributed by atoms with van der Waals surface area (Å²) in [5.41, 5.74) is 0.132. The predicted molar refractivity (Wildman–Crippen MR) is 111 cm³/mol. The average molecular weight is 445 g/mol. The Morgan fingerprint density at radius 3 is 2.62 bits per heavy atom. The van der Waals surface area contributed by atoms with Crippen LogP contribution in [0, 0.1) is 5.92 Å². The molecule has 1 unspecified atom stereocenters. The van der Waals surface area contributed by atoms with E-state index < -0.39 is 17.7 Å². The fourth-order valence-electron chi connectivity index (χ4n) is 3.45. The van der Waals surface area contributed by atoms with Gasteiger partial charge in [-0.1, -0.05) is 25.1 Å². The summed E-state index contributed by atoms with van der Waals surface area (Å²) < 4.78 is 50.1. The van der Waals surface area contributed by atoms with Crippen LogP contribution in [0.5, 0.6) is 5.75 Å². The number of alkyl halides is 3. The van der Waals surface area contributed by atoms with Crippen LogP contribution in [0.3, 0.4) is 0 Å². The van der Waals surface area contributed by atoms with Crippen LogP contribution in [0.15, 0.2) is 53.1 Å². The SMILES string of the molecule is CC(C)COc1ccc(-c2noc(C3CC(=O)N(c4cccc(C(F)(F)F)c4)C3)n2)cc1. The van der Waals surface area contributed by atoms with E-state index in [1.807, 2.05) is 24.3 Å². The lowest BCUT2D eigenvalue weighted by Gasteiger charge is -2.17. The number of anilines is 1. The normalized spacial score (nSPS) is 16.8. The van der Waals surface area contributed by atoms with Crippen LogP contribution in [0.25, 0.3) is 11.4 Å². The molecule has 0 aliphatic carbocycles. The fourth-order valence-corrected chi connectivity index (χ4v) is 3.45. The lowest BCUT2D eigenvalue weighted by molar-refractivity contribution is -0.137. The number of aromatic nitrogens is 2. The van der Waals surface area contributed by atoms with Crippen molar-refractivity contribution in [1.82, 2.24) is 10.1 Å². The number of rotatable bonds is 6. The highest BCUT2D eigenvalue weighted by Crippen LogP contribution is 2.35. The summed E-state index contributed by atoms with van der Waals surface area (Å²) in [5.74, 6) is 1.12. The maximum Gasteiger partial charge on any atom is 0.416 e. The molecule has 1 aromatic heterocycles. The number of amides is 1. The first-order valence-electron chi connectivity index (χ1n) is 10.2. The zero-order valence-electron chi connectivity index (χ0n) is 17.6. The summed E-state index contributed by atoms with van der Waals surface area (Å²) in [7, 11) is 0. The number of nitrogens with zero attached hydrogens (tertiary/aromatic N) is 3. The molecule has 3 aromatic rings. The Balaban J connectivity index is 1.47. The Kier molecular flexibility index (Phi) is 5.90. The summed E-state index contributed by atoms with van der Waals surface area (Å²) in [5, 5.41) is 4.00. The molecule has 2 aromatic carbocycles. The first-order chi connectivity index (χ1) is 15.2. The zero-order valence-corrected chi connectivity index (χ0v) is 17.6. The van der Waals surface area contributed by atoms with E-state index in [2.05, 4.69) is 24.0 Å². The van der Waals surface area contributed by atoms with Gasteiger partial charge in [-0.25, -0.2) is 0 Å². The lowest BCUT2D eigenvalue weighted by atomic mass is 10.1. The second kappa shape index (κ2) is 8.64. The Hall–Kier alpha value is -3.36. The van der Waals surface area contributed by atoms with Crippen LogP contribution in [0.2, 0.25) is 0 Å². The summed E-state index contributed by atoms with van der Waals surface area (Å²) >= 11 is 0. The van der Waals surface area contributed by atoms with E-state index in [4.69, 9.17) is 9.26 Å². The van der Waals surface area contributed by atoms with Gasteiger partial charge >= 0.3 is 6.18 Å². The Morgan fingerprint density at radius 1 is 1.19 bits per heavy atom.